The summed E-state index contributed by atoms with van der Waals surface area (Å²) < 4.78 is 0. The fraction of sp³-hybridized carbons (Fsp3) is 0.571. The second-order valence-corrected chi connectivity index (χ2v) is 5.74. The molecule has 2 atom stereocenters. The molecule has 1 aliphatic carbocycles. The SMILES string of the molecule is CC1CCCC2(C1)C(=O)NC(=O)N2Cc1ncccn1. The fourth-order valence-corrected chi connectivity index (χ4v) is 3.35. The number of hydrogen-bond acceptors (Lipinski definition) is 4. The van der Waals surface area contributed by atoms with Crippen molar-refractivity contribution in [1.82, 2.24) is 20.2 Å². The van der Waals surface area contributed by atoms with Gasteiger partial charge in [-0.1, -0.05) is 19.8 Å². The lowest BCUT2D eigenvalue weighted by molar-refractivity contribution is -0.129. The normalized spacial score (nSPS) is 29.9. The summed E-state index contributed by atoms with van der Waals surface area (Å²) in [6, 6.07) is 1.41. The number of hydrogen-bond donors (Lipinski definition) is 1. The first-order chi connectivity index (χ1) is 9.62. The molecule has 1 spiro atoms. The highest BCUT2D eigenvalue weighted by Crippen LogP contribution is 2.40. The van der Waals surface area contributed by atoms with Crippen LogP contribution in [0.15, 0.2) is 18.5 Å². The van der Waals surface area contributed by atoms with Gasteiger partial charge in [0.25, 0.3) is 5.91 Å². The number of carbonyl (C=O) groups excluding carboxylic acids is 2. The molecule has 1 aliphatic heterocycles. The molecule has 3 rings (SSSR count). The van der Waals surface area contributed by atoms with E-state index >= 15 is 0 Å². The van der Waals surface area contributed by atoms with Crippen LogP contribution in [0.25, 0.3) is 0 Å². The standard InChI is InChI=1S/C14H18N4O2/c1-10-4-2-5-14(8-10)12(19)17-13(20)18(14)9-11-15-6-3-7-16-11/h3,6-7,10H,2,4-5,8-9H2,1H3,(H,17,19,20). The number of rotatable bonds is 2. The molecule has 1 N–H and O–H groups in total. The number of urea groups is 1. The van der Waals surface area contributed by atoms with Gasteiger partial charge in [0.2, 0.25) is 0 Å². The first-order valence-electron chi connectivity index (χ1n) is 7.01. The molecule has 20 heavy (non-hydrogen) atoms. The van der Waals surface area contributed by atoms with Gasteiger partial charge >= 0.3 is 6.03 Å². The molecule has 1 saturated heterocycles. The van der Waals surface area contributed by atoms with E-state index in [1.807, 2.05) is 0 Å². The van der Waals surface area contributed by atoms with Gasteiger partial charge in [-0.3, -0.25) is 10.1 Å². The number of aromatic nitrogens is 2. The van der Waals surface area contributed by atoms with Crippen LogP contribution in [0.2, 0.25) is 0 Å². The van der Waals surface area contributed by atoms with Crippen molar-refractivity contribution in [2.24, 2.45) is 5.92 Å². The van der Waals surface area contributed by atoms with E-state index in [0.29, 0.717) is 11.7 Å². The molecule has 6 heteroatoms. The molecule has 1 aromatic rings. The lowest BCUT2D eigenvalue weighted by atomic mass is 9.75. The van der Waals surface area contributed by atoms with E-state index < -0.39 is 5.54 Å². The van der Waals surface area contributed by atoms with Gasteiger partial charge in [-0.2, -0.15) is 0 Å². The summed E-state index contributed by atoms with van der Waals surface area (Å²) >= 11 is 0. The summed E-state index contributed by atoms with van der Waals surface area (Å²) in [6.07, 6.45) is 6.81. The first kappa shape index (κ1) is 13.0. The van der Waals surface area contributed by atoms with Crippen molar-refractivity contribution in [2.45, 2.75) is 44.7 Å². The minimum atomic E-state index is -0.700. The molecule has 2 heterocycles. The average Bonchev–Trinajstić information content (AvgIpc) is 2.64. The first-order valence-corrected chi connectivity index (χ1v) is 7.01. The second-order valence-electron chi connectivity index (χ2n) is 5.74. The number of amides is 3. The average molecular weight is 274 g/mol. The predicted molar refractivity (Wildman–Crippen MR) is 71.5 cm³/mol. The molecule has 106 valence electrons. The van der Waals surface area contributed by atoms with E-state index in [0.717, 1.165) is 25.7 Å². The Morgan fingerprint density at radius 2 is 2.15 bits per heavy atom. The molecule has 3 amide bonds. The summed E-state index contributed by atoms with van der Waals surface area (Å²) in [5.74, 6) is 0.847. The van der Waals surface area contributed by atoms with Crippen molar-refractivity contribution in [3.05, 3.63) is 24.3 Å². The number of nitrogens with zero attached hydrogens (tertiary/aromatic N) is 3. The molecular weight excluding hydrogens is 256 g/mol. The summed E-state index contributed by atoms with van der Waals surface area (Å²) in [5.41, 5.74) is -0.700. The summed E-state index contributed by atoms with van der Waals surface area (Å²) in [4.78, 5) is 34.3. The Hall–Kier alpha value is -1.98. The highest BCUT2D eigenvalue weighted by molar-refractivity contribution is 6.07. The van der Waals surface area contributed by atoms with E-state index in [2.05, 4.69) is 22.2 Å². The fourth-order valence-electron chi connectivity index (χ4n) is 3.35. The van der Waals surface area contributed by atoms with Gasteiger partial charge in [0.1, 0.15) is 11.4 Å². The Morgan fingerprint density at radius 1 is 1.40 bits per heavy atom. The Morgan fingerprint density at radius 3 is 2.85 bits per heavy atom. The molecule has 1 saturated carbocycles. The highest BCUT2D eigenvalue weighted by Gasteiger charge is 2.54. The maximum absolute atomic E-state index is 12.3. The zero-order valence-corrected chi connectivity index (χ0v) is 11.5. The van der Waals surface area contributed by atoms with Gasteiger partial charge in [0.05, 0.1) is 6.54 Å². The molecular formula is C14H18N4O2. The predicted octanol–water partition coefficient (Wildman–Crippen LogP) is 1.48. The van der Waals surface area contributed by atoms with Gasteiger partial charge < -0.3 is 4.90 Å². The molecule has 2 fully saturated rings. The van der Waals surface area contributed by atoms with Crippen LogP contribution < -0.4 is 5.32 Å². The Balaban J connectivity index is 1.90. The number of imide groups is 1. The molecule has 2 unspecified atom stereocenters. The number of nitrogens with one attached hydrogen (secondary N) is 1. The largest absolute Gasteiger partial charge is 0.325 e. The van der Waals surface area contributed by atoms with E-state index in [1.54, 1.807) is 23.4 Å². The number of carbonyl (C=O) groups is 2. The van der Waals surface area contributed by atoms with Gasteiger partial charge in [-0.05, 0) is 24.8 Å². The van der Waals surface area contributed by atoms with Crippen molar-refractivity contribution < 1.29 is 9.59 Å². The van der Waals surface area contributed by atoms with E-state index in [1.165, 1.54) is 0 Å². The molecule has 0 radical (unpaired) electrons. The van der Waals surface area contributed by atoms with Crippen LogP contribution in [0, 0.1) is 5.92 Å². The molecule has 2 aliphatic rings. The summed E-state index contributed by atoms with van der Waals surface area (Å²) in [7, 11) is 0. The summed E-state index contributed by atoms with van der Waals surface area (Å²) in [5, 5.41) is 2.46. The van der Waals surface area contributed by atoms with Crippen LogP contribution in [-0.4, -0.2) is 32.3 Å². The summed E-state index contributed by atoms with van der Waals surface area (Å²) in [6.45, 7) is 2.42. The van der Waals surface area contributed by atoms with Crippen LogP contribution in [0.5, 0.6) is 0 Å². The minimum Gasteiger partial charge on any atom is -0.302 e. The molecule has 1 aromatic heterocycles. The van der Waals surface area contributed by atoms with Crippen molar-refractivity contribution >= 4 is 11.9 Å². The molecule has 0 bridgehead atoms. The second kappa shape index (κ2) is 4.85. The van der Waals surface area contributed by atoms with Crippen LogP contribution in [0.3, 0.4) is 0 Å². The smallest absolute Gasteiger partial charge is 0.302 e. The Bertz CT molecular complexity index is 533. The van der Waals surface area contributed by atoms with Gasteiger partial charge in [0, 0.05) is 12.4 Å². The van der Waals surface area contributed by atoms with Crippen LogP contribution in [-0.2, 0) is 11.3 Å². The Labute approximate surface area is 117 Å². The third-order valence-electron chi connectivity index (χ3n) is 4.30. The maximum Gasteiger partial charge on any atom is 0.325 e. The van der Waals surface area contributed by atoms with Crippen molar-refractivity contribution in [2.75, 3.05) is 0 Å². The van der Waals surface area contributed by atoms with Crippen molar-refractivity contribution in [3.63, 3.8) is 0 Å². The monoisotopic (exact) mass is 274 g/mol. The quantitative estimate of drug-likeness (QED) is 0.829. The third-order valence-corrected chi connectivity index (χ3v) is 4.30. The lowest BCUT2D eigenvalue weighted by Crippen LogP contribution is -2.52. The van der Waals surface area contributed by atoms with E-state index in [4.69, 9.17) is 0 Å². The van der Waals surface area contributed by atoms with Gasteiger partial charge in [-0.15, -0.1) is 0 Å². The molecule has 6 nitrogen and oxygen atoms in total. The van der Waals surface area contributed by atoms with Gasteiger partial charge in [-0.25, -0.2) is 14.8 Å². The minimum absolute atomic E-state index is 0.162. The Kier molecular flexibility index (Phi) is 3.16. The zero-order valence-electron chi connectivity index (χ0n) is 11.5. The van der Waals surface area contributed by atoms with Crippen LogP contribution in [0.4, 0.5) is 4.79 Å². The van der Waals surface area contributed by atoms with Crippen molar-refractivity contribution in [1.29, 1.82) is 0 Å². The highest BCUT2D eigenvalue weighted by atomic mass is 16.2. The van der Waals surface area contributed by atoms with Gasteiger partial charge in [0.15, 0.2) is 0 Å². The van der Waals surface area contributed by atoms with Crippen LogP contribution in [0.1, 0.15) is 38.4 Å². The third kappa shape index (κ3) is 2.05. The molecule has 0 aromatic carbocycles. The topological polar surface area (TPSA) is 75.2 Å². The van der Waals surface area contributed by atoms with E-state index in [9.17, 15) is 9.59 Å². The zero-order chi connectivity index (χ0) is 14.2. The van der Waals surface area contributed by atoms with Crippen LogP contribution >= 0.6 is 0 Å². The maximum atomic E-state index is 12.3. The van der Waals surface area contributed by atoms with E-state index in [-0.39, 0.29) is 18.5 Å². The van der Waals surface area contributed by atoms with Crippen molar-refractivity contribution in [3.8, 4) is 0 Å². The lowest BCUT2D eigenvalue weighted by Gasteiger charge is -2.40.